The van der Waals surface area contributed by atoms with E-state index in [2.05, 4.69) is 29.1 Å². The van der Waals surface area contributed by atoms with Crippen molar-refractivity contribution in [1.82, 2.24) is 4.90 Å². The monoisotopic (exact) mass is 446 g/mol. The van der Waals surface area contributed by atoms with E-state index in [1.54, 1.807) is 7.11 Å². The van der Waals surface area contributed by atoms with Gasteiger partial charge in [0, 0.05) is 6.04 Å². The minimum Gasteiger partial charge on any atom is -0.495 e. The first-order valence-electron chi connectivity index (χ1n) is 8.54. The fourth-order valence-electron chi connectivity index (χ4n) is 3.12. The van der Waals surface area contributed by atoms with Gasteiger partial charge >= 0.3 is 0 Å². The molecule has 1 unspecified atom stereocenters. The highest BCUT2D eigenvalue weighted by molar-refractivity contribution is 14.0. The van der Waals surface area contributed by atoms with E-state index in [-0.39, 0.29) is 24.0 Å². The van der Waals surface area contributed by atoms with Crippen LogP contribution in [0.25, 0.3) is 0 Å². The second-order valence-corrected chi connectivity index (χ2v) is 6.58. The summed E-state index contributed by atoms with van der Waals surface area (Å²) in [7, 11) is 1.65. The molecule has 1 aromatic carbocycles. The quantitative estimate of drug-likeness (QED) is 0.382. The molecule has 0 amide bonds. The number of guanidine groups is 1. The number of anilines is 1. The summed E-state index contributed by atoms with van der Waals surface area (Å²) in [4.78, 5) is 7.13. The van der Waals surface area contributed by atoms with Crippen LogP contribution in [0, 0.1) is 5.92 Å². The first-order chi connectivity index (χ1) is 11.1. The van der Waals surface area contributed by atoms with Gasteiger partial charge in [0.15, 0.2) is 5.96 Å². The van der Waals surface area contributed by atoms with Crippen LogP contribution in [0.15, 0.2) is 29.3 Å². The fraction of sp³-hybridized carbons (Fsp3) is 0.611. The Hall–Kier alpha value is -1.02. The van der Waals surface area contributed by atoms with Gasteiger partial charge in [-0.2, -0.15) is 0 Å². The third kappa shape index (κ3) is 6.47. The van der Waals surface area contributed by atoms with E-state index in [1.165, 1.54) is 25.9 Å². The van der Waals surface area contributed by atoms with Crippen LogP contribution < -0.4 is 15.8 Å². The van der Waals surface area contributed by atoms with Crippen molar-refractivity contribution in [2.24, 2.45) is 16.6 Å². The van der Waals surface area contributed by atoms with Crippen molar-refractivity contribution in [1.29, 1.82) is 0 Å². The maximum Gasteiger partial charge on any atom is 0.193 e. The van der Waals surface area contributed by atoms with Crippen molar-refractivity contribution >= 4 is 35.6 Å². The van der Waals surface area contributed by atoms with Crippen LogP contribution in [0.1, 0.15) is 33.1 Å². The lowest BCUT2D eigenvalue weighted by molar-refractivity contribution is 0.218. The Bertz CT molecular complexity index is 515. The van der Waals surface area contributed by atoms with Crippen LogP contribution >= 0.6 is 24.0 Å². The second kappa shape index (κ2) is 10.8. The van der Waals surface area contributed by atoms with Crippen molar-refractivity contribution in [3.63, 3.8) is 0 Å². The average Bonchev–Trinajstić information content (AvgIpc) is 3.06. The van der Waals surface area contributed by atoms with Crippen LogP contribution in [0.2, 0.25) is 0 Å². The minimum absolute atomic E-state index is 0. The number of hydrogen-bond acceptors (Lipinski definition) is 3. The number of para-hydroxylation sites is 2. The molecule has 1 aliphatic heterocycles. The summed E-state index contributed by atoms with van der Waals surface area (Å²) in [5, 5.41) is 3.14. The van der Waals surface area contributed by atoms with Crippen molar-refractivity contribution in [2.75, 3.05) is 32.1 Å². The third-order valence-corrected chi connectivity index (χ3v) is 4.24. The Morgan fingerprint density at radius 3 is 2.58 bits per heavy atom. The summed E-state index contributed by atoms with van der Waals surface area (Å²) in [6.07, 6.45) is 3.76. The van der Waals surface area contributed by atoms with E-state index in [0.29, 0.717) is 17.9 Å². The summed E-state index contributed by atoms with van der Waals surface area (Å²) in [6, 6.07) is 8.21. The molecule has 3 N–H and O–H groups in total. The van der Waals surface area contributed by atoms with Crippen LogP contribution in [0.3, 0.4) is 0 Å². The highest BCUT2D eigenvalue weighted by Gasteiger charge is 2.22. The van der Waals surface area contributed by atoms with Gasteiger partial charge in [-0.15, -0.1) is 24.0 Å². The van der Waals surface area contributed by atoms with Gasteiger partial charge in [-0.05, 0) is 50.4 Å². The summed E-state index contributed by atoms with van der Waals surface area (Å²) >= 11 is 0. The summed E-state index contributed by atoms with van der Waals surface area (Å²) in [5.41, 5.74) is 6.92. The standard InChI is InChI=1S/C18H30N4O.HI/c1-14(2)12-15(22-10-6-7-11-22)13-20-18(19)21-16-8-4-5-9-17(16)23-3;/h4-5,8-9,14-15H,6-7,10-13H2,1-3H3,(H3,19,20,21);1H. The molecule has 1 atom stereocenters. The van der Waals surface area contributed by atoms with Crippen molar-refractivity contribution < 1.29 is 4.74 Å². The summed E-state index contributed by atoms with van der Waals surface area (Å²) in [6.45, 7) is 7.65. The highest BCUT2D eigenvalue weighted by Crippen LogP contribution is 2.23. The highest BCUT2D eigenvalue weighted by atomic mass is 127. The SMILES string of the molecule is COc1ccccc1NC(N)=NCC(CC(C)C)N1CCCC1.I. The topological polar surface area (TPSA) is 62.9 Å². The predicted octanol–water partition coefficient (Wildman–Crippen LogP) is 3.55. The molecule has 0 bridgehead atoms. The lowest BCUT2D eigenvalue weighted by atomic mass is 10.0. The number of nitrogens with one attached hydrogen (secondary N) is 1. The zero-order chi connectivity index (χ0) is 16.7. The normalized spacial score (nSPS) is 16.8. The first kappa shape index (κ1) is 21.0. The number of methoxy groups -OCH3 is 1. The number of halogens is 1. The Balaban J connectivity index is 0.00000288. The molecule has 0 spiro atoms. The number of likely N-dealkylation sites (tertiary alicyclic amines) is 1. The zero-order valence-electron chi connectivity index (χ0n) is 15.0. The van der Waals surface area contributed by atoms with Crippen LogP contribution in [0.5, 0.6) is 5.75 Å². The van der Waals surface area contributed by atoms with Gasteiger partial charge in [-0.1, -0.05) is 26.0 Å². The Morgan fingerprint density at radius 2 is 1.96 bits per heavy atom. The van der Waals surface area contributed by atoms with E-state index in [0.717, 1.165) is 24.4 Å². The zero-order valence-corrected chi connectivity index (χ0v) is 17.3. The molecule has 0 saturated carbocycles. The molecule has 2 rings (SSSR count). The van der Waals surface area contributed by atoms with Gasteiger partial charge in [0.05, 0.1) is 19.3 Å². The van der Waals surface area contributed by atoms with E-state index in [9.17, 15) is 0 Å². The maximum absolute atomic E-state index is 6.07. The minimum atomic E-state index is 0. The number of benzene rings is 1. The van der Waals surface area contributed by atoms with Gasteiger partial charge in [-0.3, -0.25) is 9.89 Å². The van der Waals surface area contributed by atoms with Gasteiger partial charge in [0.1, 0.15) is 5.75 Å². The molecule has 0 aliphatic carbocycles. The molecular formula is C18H31IN4O. The van der Waals surface area contributed by atoms with Crippen molar-refractivity contribution in [3.8, 4) is 5.75 Å². The molecule has 0 radical (unpaired) electrons. The molecule has 1 aromatic rings. The second-order valence-electron chi connectivity index (χ2n) is 6.58. The Kier molecular flexibility index (Phi) is 9.43. The molecule has 1 fully saturated rings. The van der Waals surface area contributed by atoms with Gasteiger partial charge < -0.3 is 15.8 Å². The van der Waals surface area contributed by atoms with Crippen molar-refractivity contribution in [3.05, 3.63) is 24.3 Å². The molecule has 5 nitrogen and oxygen atoms in total. The van der Waals surface area contributed by atoms with E-state index in [1.807, 2.05) is 24.3 Å². The number of nitrogens with two attached hydrogens (primary N) is 1. The number of ether oxygens (including phenoxy) is 1. The summed E-state index contributed by atoms with van der Waals surface area (Å²) in [5.74, 6) is 1.88. The van der Waals surface area contributed by atoms with E-state index < -0.39 is 0 Å². The summed E-state index contributed by atoms with van der Waals surface area (Å²) < 4.78 is 5.32. The van der Waals surface area contributed by atoms with Gasteiger partial charge in [0.2, 0.25) is 0 Å². The van der Waals surface area contributed by atoms with Crippen molar-refractivity contribution in [2.45, 2.75) is 39.2 Å². The number of hydrogen-bond donors (Lipinski definition) is 2. The molecule has 0 aromatic heterocycles. The molecule has 1 saturated heterocycles. The predicted molar refractivity (Wildman–Crippen MR) is 113 cm³/mol. The smallest absolute Gasteiger partial charge is 0.193 e. The maximum atomic E-state index is 6.07. The van der Waals surface area contributed by atoms with Crippen LogP contribution in [-0.4, -0.2) is 43.6 Å². The number of aliphatic imine (C=N–C) groups is 1. The van der Waals surface area contributed by atoms with E-state index >= 15 is 0 Å². The van der Waals surface area contributed by atoms with E-state index in [4.69, 9.17) is 10.5 Å². The molecule has 1 aliphatic rings. The molecular weight excluding hydrogens is 415 g/mol. The number of rotatable bonds is 7. The van der Waals surface area contributed by atoms with Gasteiger partial charge in [0.25, 0.3) is 0 Å². The van der Waals surface area contributed by atoms with Crippen LogP contribution in [0.4, 0.5) is 5.69 Å². The lowest BCUT2D eigenvalue weighted by Gasteiger charge is -2.27. The lowest BCUT2D eigenvalue weighted by Crippen LogP contribution is -2.37. The van der Waals surface area contributed by atoms with Crippen LogP contribution in [-0.2, 0) is 0 Å². The number of nitrogens with zero attached hydrogens (tertiary/aromatic N) is 2. The fourth-order valence-corrected chi connectivity index (χ4v) is 3.12. The molecule has 1 heterocycles. The first-order valence-corrected chi connectivity index (χ1v) is 8.54. The Labute approximate surface area is 163 Å². The molecule has 24 heavy (non-hydrogen) atoms. The molecule has 6 heteroatoms. The van der Waals surface area contributed by atoms with Gasteiger partial charge in [-0.25, -0.2) is 0 Å². The molecule has 136 valence electrons. The largest absolute Gasteiger partial charge is 0.495 e. The third-order valence-electron chi connectivity index (χ3n) is 4.24. The average molecular weight is 446 g/mol. The Morgan fingerprint density at radius 1 is 1.29 bits per heavy atom.